The third-order valence-corrected chi connectivity index (χ3v) is 3.92. The first-order chi connectivity index (χ1) is 12.9. The summed E-state index contributed by atoms with van der Waals surface area (Å²) in [6.45, 7) is 0.938. The van der Waals surface area contributed by atoms with Crippen LogP contribution in [0, 0.1) is 11.6 Å². The summed E-state index contributed by atoms with van der Waals surface area (Å²) in [6.07, 6.45) is -0.986. The van der Waals surface area contributed by atoms with Gasteiger partial charge < -0.3 is 19.5 Å². The molecule has 0 aromatic heterocycles. The van der Waals surface area contributed by atoms with E-state index < -0.39 is 42.3 Å². The monoisotopic (exact) mass is 377 g/mol. The van der Waals surface area contributed by atoms with E-state index in [1.807, 2.05) is 0 Å². The minimum Gasteiger partial charge on any atom is -0.485 e. The molecule has 3 rings (SSSR count). The number of amides is 1. The van der Waals surface area contributed by atoms with Crippen molar-refractivity contribution < 1.29 is 32.6 Å². The Morgan fingerprint density at radius 3 is 2.70 bits per heavy atom. The molecule has 6 nitrogen and oxygen atoms in total. The molecule has 1 heterocycles. The van der Waals surface area contributed by atoms with Gasteiger partial charge in [0.2, 0.25) is 6.10 Å². The van der Waals surface area contributed by atoms with Gasteiger partial charge in [-0.2, -0.15) is 0 Å². The molecule has 2 aromatic carbocycles. The zero-order valence-corrected chi connectivity index (χ0v) is 14.4. The molecule has 0 radical (unpaired) electrons. The van der Waals surface area contributed by atoms with Gasteiger partial charge in [-0.15, -0.1) is 0 Å². The summed E-state index contributed by atoms with van der Waals surface area (Å²) in [5, 5.41) is 2.48. The lowest BCUT2D eigenvalue weighted by Gasteiger charge is -2.25. The molecule has 0 fully saturated rings. The summed E-state index contributed by atoms with van der Waals surface area (Å²) < 4.78 is 42.5. The van der Waals surface area contributed by atoms with Gasteiger partial charge in [0.15, 0.2) is 18.1 Å². The number of rotatable bonds is 5. The highest BCUT2D eigenvalue weighted by molar-refractivity contribution is 5.82. The van der Waals surface area contributed by atoms with Crippen molar-refractivity contribution in [2.75, 3.05) is 13.2 Å². The van der Waals surface area contributed by atoms with Crippen molar-refractivity contribution in [3.8, 4) is 11.5 Å². The number of ether oxygens (including phenoxy) is 3. The van der Waals surface area contributed by atoms with Gasteiger partial charge in [-0.05, 0) is 25.1 Å². The molecule has 0 saturated heterocycles. The van der Waals surface area contributed by atoms with Crippen LogP contribution >= 0.6 is 0 Å². The fourth-order valence-electron chi connectivity index (χ4n) is 2.58. The Bertz CT molecular complexity index is 858. The molecule has 0 spiro atoms. The van der Waals surface area contributed by atoms with E-state index >= 15 is 0 Å². The van der Waals surface area contributed by atoms with Gasteiger partial charge in [0.1, 0.15) is 18.2 Å². The highest BCUT2D eigenvalue weighted by Gasteiger charge is 2.29. The van der Waals surface area contributed by atoms with E-state index in [1.165, 1.54) is 13.0 Å². The third kappa shape index (κ3) is 4.52. The van der Waals surface area contributed by atoms with Crippen LogP contribution in [0.2, 0.25) is 0 Å². The second-order valence-corrected chi connectivity index (χ2v) is 5.93. The van der Waals surface area contributed by atoms with E-state index in [-0.39, 0.29) is 12.2 Å². The number of hydrogen-bond donors (Lipinski definition) is 1. The van der Waals surface area contributed by atoms with Gasteiger partial charge in [0.05, 0.1) is 6.04 Å². The second-order valence-electron chi connectivity index (χ2n) is 5.93. The predicted octanol–water partition coefficient (Wildman–Crippen LogP) is 2.53. The molecule has 1 aliphatic heterocycles. The Morgan fingerprint density at radius 1 is 1.22 bits per heavy atom. The summed E-state index contributed by atoms with van der Waals surface area (Å²) in [5.74, 6) is -1.92. The summed E-state index contributed by atoms with van der Waals surface area (Å²) in [5.41, 5.74) is 0.122. The Kier molecular flexibility index (Phi) is 5.54. The number of para-hydroxylation sites is 2. The van der Waals surface area contributed by atoms with Crippen molar-refractivity contribution in [1.82, 2.24) is 5.32 Å². The molecule has 8 heteroatoms. The summed E-state index contributed by atoms with van der Waals surface area (Å²) >= 11 is 0. The maximum absolute atomic E-state index is 13.7. The lowest BCUT2D eigenvalue weighted by molar-refractivity contribution is -0.157. The fourth-order valence-corrected chi connectivity index (χ4v) is 2.58. The minimum absolute atomic E-state index is 0.0331. The van der Waals surface area contributed by atoms with Crippen molar-refractivity contribution in [3.63, 3.8) is 0 Å². The molecule has 0 bridgehead atoms. The van der Waals surface area contributed by atoms with Gasteiger partial charge in [-0.25, -0.2) is 13.6 Å². The SMILES string of the molecule is C[C@@H](NC(=O)COC(=O)[C@H]1COc2ccccc2O1)c1ccc(F)cc1F. The molecular formula is C19H17F2NO5. The second kappa shape index (κ2) is 8.03. The van der Waals surface area contributed by atoms with Crippen LogP contribution in [-0.2, 0) is 14.3 Å². The van der Waals surface area contributed by atoms with Gasteiger partial charge in [-0.3, -0.25) is 4.79 Å². The summed E-state index contributed by atoms with van der Waals surface area (Å²) in [7, 11) is 0. The van der Waals surface area contributed by atoms with Crippen LogP contribution in [-0.4, -0.2) is 31.2 Å². The largest absolute Gasteiger partial charge is 0.485 e. The molecule has 142 valence electrons. The van der Waals surface area contributed by atoms with Crippen molar-refractivity contribution in [2.24, 2.45) is 0 Å². The maximum Gasteiger partial charge on any atom is 0.351 e. The van der Waals surface area contributed by atoms with E-state index in [1.54, 1.807) is 24.3 Å². The number of esters is 1. The number of benzene rings is 2. The smallest absolute Gasteiger partial charge is 0.351 e. The van der Waals surface area contributed by atoms with Gasteiger partial charge in [0, 0.05) is 11.6 Å². The van der Waals surface area contributed by atoms with E-state index in [0.717, 1.165) is 12.1 Å². The fraction of sp³-hybridized carbons (Fsp3) is 0.263. The third-order valence-electron chi connectivity index (χ3n) is 3.92. The molecule has 0 unspecified atom stereocenters. The first-order valence-electron chi connectivity index (χ1n) is 8.23. The summed E-state index contributed by atoms with van der Waals surface area (Å²) in [6, 6.07) is 9.22. The highest BCUT2D eigenvalue weighted by atomic mass is 19.1. The van der Waals surface area contributed by atoms with Crippen LogP contribution in [0.4, 0.5) is 8.78 Å². The van der Waals surface area contributed by atoms with Crippen molar-refractivity contribution in [2.45, 2.75) is 19.1 Å². The molecule has 27 heavy (non-hydrogen) atoms. The van der Waals surface area contributed by atoms with Crippen molar-refractivity contribution in [3.05, 3.63) is 59.7 Å². The Hall–Kier alpha value is -3.16. The number of carbonyl (C=O) groups is 2. The molecule has 1 aliphatic rings. The summed E-state index contributed by atoms with van der Waals surface area (Å²) in [4.78, 5) is 24.0. The zero-order chi connectivity index (χ0) is 19.4. The molecule has 0 saturated carbocycles. The number of nitrogens with one attached hydrogen (secondary N) is 1. The molecule has 1 amide bonds. The quantitative estimate of drug-likeness (QED) is 0.811. The maximum atomic E-state index is 13.7. The van der Waals surface area contributed by atoms with E-state index in [4.69, 9.17) is 14.2 Å². The number of carbonyl (C=O) groups excluding carboxylic acids is 2. The Morgan fingerprint density at radius 2 is 1.96 bits per heavy atom. The van der Waals surface area contributed by atoms with Crippen molar-refractivity contribution >= 4 is 11.9 Å². The predicted molar refractivity (Wildman–Crippen MR) is 90.2 cm³/mol. The molecule has 2 aromatic rings. The lowest BCUT2D eigenvalue weighted by atomic mass is 10.1. The normalized spacial score (nSPS) is 16.3. The van der Waals surface area contributed by atoms with Gasteiger partial charge in [-0.1, -0.05) is 18.2 Å². The van der Waals surface area contributed by atoms with Crippen LogP contribution in [0.1, 0.15) is 18.5 Å². The zero-order valence-electron chi connectivity index (χ0n) is 14.4. The van der Waals surface area contributed by atoms with Crippen LogP contribution in [0.25, 0.3) is 0 Å². The number of hydrogen-bond acceptors (Lipinski definition) is 5. The Balaban J connectivity index is 1.49. The molecule has 1 N–H and O–H groups in total. The van der Waals surface area contributed by atoms with Gasteiger partial charge in [0.25, 0.3) is 5.91 Å². The lowest BCUT2D eigenvalue weighted by Crippen LogP contribution is -2.40. The van der Waals surface area contributed by atoms with Crippen LogP contribution < -0.4 is 14.8 Å². The first kappa shape index (κ1) is 18.6. The molecular weight excluding hydrogens is 360 g/mol. The van der Waals surface area contributed by atoms with E-state index in [2.05, 4.69) is 5.32 Å². The topological polar surface area (TPSA) is 73.9 Å². The number of halogens is 2. The first-order valence-corrected chi connectivity index (χ1v) is 8.23. The standard InChI is InChI=1S/C19H17F2NO5/c1-11(13-7-6-12(20)8-14(13)21)22-18(23)10-26-19(24)17-9-25-15-4-2-3-5-16(15)27-17/h2-8,11,17H,9-10H2,1H3,(H,22,23)/t11-,17-/m1/s1. The van der Waals surface area contributed by atoms with Gasteiger partial charge >= 0.3 is 5.97 Å². The Labute approximate surface area is 154 Å². The molecule has 2 atom stereocenters. The average molecular weight is 377 g/mol. The van der Waals surface area contributed by atoms with E-state index in [9.17, 15) is 18.4 Å². The minimum atomic E-state index is -0.986. The van der Waals surface area contributed by atoms with Crippen LogP contribution in [0.15, 0.2) is 42.5 Å². The highest BCUT2D eigenvalue weighted by Crippen LogP contribution is 2.31. The number of fused-ring (bicyclic) bond motifs is 1. The average Bonchev–Trinajstić information content (AvgIpc) is 2.65. The molecule has 0 aliphatic carbocycles. The van der Waals surface area contributed by atoms with E-state index in [0.29, 0.717) is 11.5 Å². The van der Waals surface area contributed by atoms with Crippen LogP contribution in [0.3, 0.4) is 0 Å². The van der Waals surface area contributed by atoms with Crippen LogP contribution in [0.5, 0.6) is 11.5 Å². The van der Waals surface area contributed by atoms with Crippen molar-refractivity contribution in [1.29, 1.82) is 0 Å².